The molecule has 2 aromatic carbocycles. The van der Waals surface area contributed by atoms with Crippen LogP contribution in [0.3, 0.4) is 0 Å². The molecule has 0 aliphatic rings. The van der Waals surface area contributed by atoms with Crippen molar-refractivity contribution >= 4 is 22.9 Å². The number of thiophene rings is 1. The van der Waals surface area contributed by atoms with Crippen LogP contribution in [0, 0.1) is 11.6 Å². The summed E-state index contributed by atoms with van der Waals surface area (Å²) in [6.45, 7) is 0.165. The first-order valence-electron chi connectivity index (χ1n) is 8.41. The lowest BCUT2D eigenvalue weighted by Gasteiger charge is -2.21. The summed E-state index contributed by atoms with van der Waals surface area (Å²) in [4.78, 5) is 19.9. The first-order chi connectivity index (χ1) is 13.6. The molecular weight excluding hydrogens is 382 g/mol. The molecule has 140 valence electrons. The summed E-state index contributed by atoms with van der Waals surface area (Å²) in [5.74, 6) is -1.27. The number of hydrogen-bond donors (Lipinski definition) is 0. The Morgan fingerprint density at radius 1 is 1.04 bits per heavy atom. The fourth-order valence-electron chi connectivity index (χ4n) is 2.78. The molecule has 0 atom stereocenters. The molecule has 0 saturated carbocycles. The number of amides is 1. The van der Waals surface area contributed by atoms with E-state index in [4.69, 9.17) is 4.42 Å². The molecule has 2 heterocycles. The zero-order chi connectivity index (χ0) is 19.5. The zero-order valence-corrected chi connectivity index (χ0v) is 15.3. The Kier molecular flexibility index (Phi) is 4.99. The minimum atomic E-state index is -0.505. The molecule has 0 unspecified atom stereocenters. The van der Waals surface area contributed by atoms with Crippen molar-refractivity contribution in [3.63, 3.8) is 0 Å². The molecule has 0 saturated heterocycles. The second kappa shape index (κ2) is 7.74. The SMILES string of the molecule is O=C(c1cocn1)N(Cc1ccc(-c2ccc(F)cc2)s1)c1ccccc1F. The van der Waals surface area contributed by atoms with E-state index >= 15 is 0 Å². The van der Waals surface area contributed by atoms with E-state index in [1.165, 1.54) is 40.7 Å². The van der Waals surface area contributed by atoms with Crippen molar-refractivity contribution < 1.29 is 18.0 Å². The summed E-state index contributed by atoms with van der Waals surface area (Å²) >= 11 is 1.45. The van der Waals surface area contributed by atoms with Crippen molar-refractivity contribution in [2.24, 2.45) is 0 Å². The van der Waals surface area contributed by atoms with Gasteiger partial charge in [0.25, 0.3) is 5.91 Å². The first-order valence-corrected chi connectivity index (χ1v) is 9.23. The second-order valence-electron chi connectivity index (χ2n) is 5.99. The van der Waals surface area contributed by atoms with Gasteiger partial charge in [-0.05, 0) is 42.0 Å². The monoisotopic (exact) mass is 396 g/mol. The number of carbonyl (C=O) groups excluding carboxylic acids is 1. The number of aromatic nitrogens is 1. The molecule has 1 amide bonds. The molecule has 0 aliphatic carbocycles. The van der Waals surface area contributed by atoms with Gasteiger partial charge in [-0.15, -0.1) is 11.3 Å². The van der Waals surface area contributed by atoms with Gasteiger partial charge in [-0.2, -0.15) is 0 Å². The van der Waals surface area contributed by atoms with Crippen LogP contribution in [0.15, 0.2) is 77.7 Å². The number of para-hydroxylation sites is 1. The van der Waals surface area contributed by atoms with Crippen LogP contribution in [-0.2, 0) is 6.54 Å². The van der Waals surface area contributed by atoms with Crippen LogP contribution >= 0.6 is 11.3 Å². The third kappa shape index (κ3) is 3.70. The van der Waals surface area contributed by atoms with Gasteiger partial charge in [-0.1, -0.05) is 24.3 Å². The van der Waals surface area contributed by atoms with Crippen LogP contribution in [0.4, 0.5) is 14.5 Å². The quantitative estimate of drug-likeness (QED) is 0.446. The molecule has 4 rings (SSSR count). The van der Waals surface area contributed by atoms with Crippen molar-refractivity contribution in [3.8, 4) is 10.4 Å². The van der Waals surface area contributed by atoms with Crippen LogP contribution in [-0.4, -0.2) is 10.9 Å². The summed E-state index contributed by atoms with van der Waals surface area (Å²) in [5, 5.41) is 0. The first kappa shape index (κ1) is 18.1. The predicted octanol–water partition coefficient (Wildman–Crippen LogP) is 5.53. The Hall–Kier alpha value is -3.32. The Labute approximate surface area is 163 Å². The maximum absolute atomic E-state index is 14.4. The average Bonchev–Trinajstić information content (AvgIpc) is 3.39. The van der Waals surface area contributed by atoms with Crippen molar-refractivity contribution in [2.45, 2.75) is 6.54 Å². The van der Waals surface area contributed by atoms with Gasteiger partial charge in [0.15, 0.2) is 12.1 Å². The van der Waals surface area contributed by atoms with Crippen molar-refractivity contribution in [3.05, 3.63) is 95.5 Å². The molecule has 0 aliphatic heterocycles. The number of nitrogens with zero attached hydrogens (tertiary/aromatic N) is 2. The highest BCUT2D eigenvalue weighted by molar-refractivity contribution is 7.15. The van der Waals surface area contributed by atoms with Crippen molar-refractivity contribution in [1.82, 2.24) is 4.98 Å². The van der Waals surface area contributed by atoms with Gasteiger partial charge < -0.3 is 4.42 Å². The fourth-order valence-corrected chi connectivity index (χ4v) is 3.78. The maximum atomic E-state index is 14.4. The minimum Gasteiger partial charge on any atom is -0.451 e. The topological polar surface area (TPSA) is 46.3 Å². The van der Waals surface area contributed by atoms with Crippen LogP contribution in [0.2, 0.25) is 0 Å². The second-order valence-corrected chi connectivity index (χ2v) is 7.16. The Morgan fingerprint density at radius 2 is 1.82 bits per heavy atom. The molecule has 0 radical (unpaired) electrons. The molecule has 4 nitrogen and oxygen atoms in total. The number of hydrogen-bond acceptors (Lipinski definition) is 4. The van der Waals surface area contributed by atoms with Crippen LogP contribution in [0.25, 0.3) is 10.4 Å². The van der Waals surface area contributed by atoms with Gasteiger partial charge in [0.05, 0.1) is 12.2 Å². The highest BCUT2D eigenvalue weighted by Gasteiger charge is 2.23. The van der Waals surface area contributed by atoms with E-state index < -0.39 is 11.7 Å². The maximum Gasteiger partial charge on any atom is 0.280 e. The van der Waals surface area contributed by atoms with Crippen LogP contribution < -0.4 is 4.90 Å². The molecule has 0 fully saturated rings. The van der Waals surface area contributed by atoms with E-state index in [1.807, 2.05) is 12.1 Å². The van der Waals surface area contributed by atoms with E-state index in [9.17, 15) is 13.6 Å². The van der Waals surface area contributed by atoms with E-state index in [0.717, 1.165) is 21.7 Å². The van der Waals surface area contributed by atoms with Gasteiger partial charge in [0, 0.05) is 9.75 Å². The van der Waals surface area contributed by atoms with Gasteiger partial charge in [0.2, 0.25) is 0 Å². The summed E-state index contributed by atoms with van der Waals surface area (Å²) in [5.41, 5.74) is 1.13. The number of benzene rings is 2. The van der Waals surface area contributed by atoms with Crippen LogP contribution in [0.1, 0.15) is 15.4 Å². The molecule has 0 bridgehead atoms. The largest absolute Gasteiger partial charge is 0.451 e. The standard InChI is InChI=1S/C21H14F2N2O2S/c22-15-7-5-14(6-8-15)20-10-9-16(28-20)11-25(19-4-2-1-3-17(19)23)21(26)18-12-27-13-24-18/h1-10,12-13H,11H2. The third-order valence-corrected chi connectivity index (χ3v) is 5.26. The van der Waals surface area contributed by atoms with Crippen LogP contribution in [0.5, 0.6) is 0 Å². The molecule has 28 heavy (non-hydrogen) atoms. The van der Waals surface area contributed by atoms with Gasteiger partial charge in [0.1, 0.15) is 17.9 Å². The Bertz CT molecular complexity index is 1090. The summed E-state index contributed by atoms with van der Waals surface area (Å²) in [6.07, 6.45) is 2.39. The summed E-state index contributed by atoms with van der Waals surface area (Å²) in [6, 6.07) is 16.0. The van der Waals surface area contributed by atoms with E-state index in [-0.39, 0.29) is 23.7 Å². The molecular formula is C21H14F2N2O2S. The molecule has 0 spiro atoms. The minimum absolute atomic E-state index is 0.0959. The van der Waals surface area contributed by atoms with Gasteiger partial charge in [-0.25, -0.2) is 13.8 Å². The smallest absolute Gasteiger partial charge is 0.280 e. The number of rotatable bonds is 5. The van der Waals surface area contributed by atoms with Crippen molar-refractivity contribution in [2.75, 3.05) is 4.90 Å². The average molecular weight is 396 g/mol. The molecule has 4 aromatic rings. The number of halogens is 2. The lowest BCUT2D eigenvalue weighted by molar-refractivity contribution is 0.0979. The fraction of sp³-hybridized carbons (Fsp3) is 0.0476. The molecule has 7 heteroatoms. The zero-order valence-electron chi connectivity index (χ0n) is 14.5. The summed E-state index contributed by atoms with van der Waals surface area (Å²) in [7, 11) is 0. The Morgan fingerprint density at radius 3 is 2.54 bits per heavy atom. The molecule has 0 N–H and O–H groups in total. The summed E-state index contributed by atoms with van der Waals surface area (Å²) < 4.78 is 32.4. The lowest BCUT2D eigenvalue weighted by atomic mass is 10.2. The highest BCUT2D eigenvalue weighted by atomic mass is 32.1. The predicted molar refractivity (Wildman–Crippen MR) is 103 cm³/mol. The highest BCUT2D eigenvalue weighted by Crippen LogP contribution is 2.31. The number of oxazole rings is 1. The van der Waals surface area contributed by atoms with Gasteiger partial charge in [-0.3, -0.25) is 9.69 Å². The third-order valence-electron chi connectivity index (χ3n) is 4.14. The lowest BCUT2D eigenvalue weighted by Crippen LogP contribution is -2.31. The van der Waals surface area contributed by atoms with E-state index in [0.29, 0.717) is 0 Å². The van der Waals surface area contributed by atoms with Gasteiger partial charge >= 0.3 is 0 Å². The van der Waals surface area contributed by atoms with Crippen molar-refractivity contribution in [1.29, 1.82) is 0 Å². The number of carbonyl (C=O) groups is 1. The van der Waals surface area contributed by atoms with E-state index in [2.05, 4.69) is 4.98 Å². The Balaban J connectivity index is 1.66. The number of anilines is 1. The normalized spacial score (nSPS) is 10.8. The van der Waals surface area contributed by atoms with E-state index in [1.54, 1.807) is 30.3 Å². The molecule has 2 aromatic heterocycles.